The summed E-state index contributed by atoms with van der Waals surface area (Å²) < 4.78 is 10.3. The molecule has 0 unspecified atom stereocenters. The molecule has 2 amide bonds. The van der Waals surface area contributed by atoms with Crippen molar-refractivity contribution in [2.24, 2.45) is 0 Å². The molecule has 0 aromatic heterocycles. The number of rotatable bonds is 9. The van der Waals surface area contributed by atoms with Crippen LogP contribution >= 0.6 is 11.8 Å². The highest BCUT2D eigenvalue weighted by atomic mass is 32.2. The Balaban J connectivity index is 1.71. The zero-order chi connectivity index (χ0) is 20.4. The van der Waals surface area contributed by atoms with Crippen LogP contribution < -0.4 is 15.4 Å². The molecule has 0 heterocycles. The number of amides is 2. The number of carbonyl (C=O) groups is 3. The Hall–Kier alpha value is -3.00. The second kappa shape index (κ2) is 11.0. The van der Waals surface area contributed by atoms with Gasteiger partial charge in [0.15, 0.2) is 6.61 Å². The Morgan fingerprint density at radius 3 is 2.29 bits per heavy atom. The number of thioether (sulfide) groups is 1. The summed E-state index contributed by atoms with van der Waals surface area (Å²) in [6.07, 6.45) is 0. The van der Waals surface area contributed by atoms with Gasteiger partial charge < -0.3 is 20.1 Å². The van der Waals surface area contributed by atoms with Gasteiger partial charge in [-0.05, 0) is 55.5 Å². The molecular weight excluding hydrogens is 380 g/mol. The molecule has 2 aromatic rings. The summed E-state index contributed by atoms with van der Waals surface area (Å²) in [5, 5.41) is 5.12. The van der Waals surface area contributed by atoms with E-state index in [0.29, 0.717) is 17.9 Å². The largest absolute Gasteiger partial charge is 0.494 e. The van der Waals surface area contributed by atoms with Crippen LogP contribution in [-0.4, -0.2) is 43.8 Å². The fourth-order valence-corrected chi connectivity index (χ4v) is 2.87. The third kappa shape index (κ3) is 6.96. The number of ether oxygens (including phenoxy) is 2. The third-order valence-electron chi connectivity index (χ3n) is 3.51. The van der Waals surface area contributed by atoms with E-state index >= 15 is 0 Å². The van der Waals surface area contributed by atoms with Gasteiger partial charge in [0.25, 0.3) is 11.8 Å². The maximum Gasteiger partial charge on any atom is 0.316 e. The highest BCUT2D eigenvalue weighted by Gasteiger charge is 2.09. The van der Waals surface area contributed by atoms with Crippen molar-refractivity contribution < 1.29 is 23.9 Å². The molecule has 0 saturated heterocycles. The average Bonchev–Trinajstić information content (AvgIpc) is 2.72. The van der Waals surface area contributed by atoms with Gasteiger partial charge in [0.2, 0.25) is 0 Å². The number of esters is 1. The smallest absolute Gasteiger partial charge is 0.316 e. The molecule has 0 aliphatic rings. The van der Waals surface area contributed by atoms with Gasteiger partial charge in [-0.2, -0.15) is 0 Å². The van der Waals surface area contributed by atoms with E-state index in [1.807, 2.05) is 31.2 Å². The molecule has 2 aromatic carbocycles. The number of anilines is 1. The second-order valence-electron chi connectivity index (χ2n) is 5.56. The molecule has 0 saturated carbocycles. The third-order valence-corrected chi connectivity index (χ3v) is 4.50. The zero-order valence-electron chi connectivity index (χ0n) is 15.7. The van der Waals surface area contributed by atoms with E-state index in [1.165, 1.54) is 11.8 Å². The molecule has 0 radical (unpaired) electrons. The first-order valence-corrected chi connectivity index (χ1v) is 9.63. The number of hydrogen-bond donors (Lipinski definition) is 2. The SMILES string of the molecule is CCOc1ccc(SCC(=O)OCC(=O)Nc2ccc(C(=O)NC)cc2)cc1. The van der Waals surface area contributed by atoms with E-state index in [-0.39, 0.29) is 18.3 Å². The molecule has 2 N–H and O–H groups in total. The Labute approximate surface area is 167 Å². The standard InChI is InChI=1S/C20H22N2O5S/c1-3-26-16-8-10-17(11-9-16)28-13-19(24)27-12-18(23)22-15-6-4-14(5-7-15)20(25)21-2/h4-11H,3,12-13H2,1-2H3,(H,21,25)(H,22,23). The van der Waals surface area contributed by atoms with Crippen LogP contribution in [0.4, 0.5) is 5.69 Å². The van der Waals surface area contributed by atoms with Gasteiger partial charge in [-0.1, -0.05) is 0 Å². The lowest BCUT2D eigenvalue weighted by Gasteiger charge is -2.08. The number of hydrogen-bond acceptors (Lipinski definition) is 6. The lowest BCUT2D eigenvalue weighted by Crippen LogP contribution is -2.22. The van der Waals surface area contributed by atoms with E-state index < -0.39 is 11.9 Å². The van der Waals surface area contributed by atoms with Gasteiger partial charge in [-0.15, -0.1) is 11.8 Å². The lowest BCUT2D eigenvalue weighted by molar-refractivity contribution is -0.144. The quantitative estimate of drug-likeness (QED) is 0.495. The van der Waals surface area contributed by atoms with Gasteiger partial charge in [0.05, 0.1) is 12.4 Å². The van der Waals surface area contributed by atoms with Crippen molar-refractivity contribution in [2.45, 2.75) is 11.8 Å². The summed E-state index contributed by atoms with van der Waals surface area (Å²) in [5.74, 6) is -0.273. The topological polar surface area (TPSA) is 93.7 Å². The van der Waals surface area contributed by atoms with Crippen LogP contribution in [0, 0.1) is 0 Å². The van der Waals surface area contributed by atoms with Gasteiger partial charge in [0.1, 0.15) is 5.75 Å². The van der Waals surface area contributed by atoms with E-state index in [1.54, 1.807) is 31.3 Å². The molecule has 0 fully saturated rings. The van der Waals surface area contributed by atoms with Crippen LogP contribution in [0.2, 0.25) is 0 Å². The van der Waals surface area contributed by atoms with E-state index in [2.05, 4.69) is 10.6 Å². The van der Waals surface area contributed by atoms with Gasteiger partial charge >= 0.3 is 5.97 Å². The molecule has 0 aliphatic carbocycles. The normalized spacial score (nSPS) is 10.1. The first-order chi connectivity index (χ1) is 13.5. The van der Waals surface area contributed by atoms with Crippen molar-refractivity contribution >= 4 is 35.2 Å². The fourth-order valence-electron chi connectivity index (χ4n) is 2.18. The molecule has 0 atom stereocenters. The van der Waals surface area contributed by atoms with Gasteiger partial charge in [-0.3, -0.25) is 14.4 Å². The minimum atomic E-state index is -0.482. The average molecular weight is 402 g/mol. The van der Waals surface area contributed by atoms with E-state index in [0.717, 1.165) is 10.6 Å². The van der Waals surface area contributed by atoms with Crippen molar-refractivity contribution in [3.63, 3.8) is 0 Å². The number of nitrogens with one attached hydrogen (secondary N) is 2. The predicted molar refractivity (Wildman–Crippen MR) is 108 cm³/mol. The number of benzene rings is 2. The summed E-state index contributed by atoms with van der Waals surface area (Å²) in [5.41, 5.74) is 0.996. The molecule has 0 spiro atoms. The maximum absolute atomic E-state index is 11.9. The first kappa shape index (κ1) is 21.3. The molecule has 148 valence electrons. The highest BCUT2D eigenvalue weighted by Crippen LogP contribution is 2.21. The Morgan fingerprint density at radius 2 is 1.68 bits per heavy atom. The summed E-state index contributed by atoms with van der Waals surface area (Å²) in [7, 11) is 1.54. The lowest BCUT2D eigenvalue weighted by atomic mass is 10.2. The van der Waals surface area contributed by atoms with E-state index in [9.17, 15) is 14.4 Å². The van der Waals surface area contributed by atoms with Crippen LogP contribution in [0.5, 0.6) is 5.75 Å². The van der Waals surface area contributed by atoms with Crippen molar-refractivity contribution in [1.29, 1.82) is 0 Å². The first-order valence-electron chi connectivity index (χ1n) is 8.65. The van der Waals surface area contributed by atoms with E-state index in [4.69, 9.17) is 9.47 Å². The predicted octanol–water partition coefficient (Wildman–Crippen LogP) is 2.72. The minimum Gasteiger partial charge on any atom is -0.494 e. The van der Waals surface area contributed by atoms with Crippen LogP contribution in [0.15, 0.2) is 53.4 Å². The molecule has 28 heavy (non-hydrogen) atoms. The second-order valence-corrected chi connectivity index (χ2v) is 6.61. The van der Waals surface area contributed by atoms with Crippen LogP contribution in [0.3, 0.4) is 0 Å². The van der Waals surface area contributed by atoms with Crippen LogP contribution in [-0.2, 0) is 14.3 Å². The summed E-state index contributed by atoms with van der Waals surface area (Å²) >= 11 is 1.32. The molecule has 0 bridgehead atoms. The minimum absolute atomic E-state index is 0.0993. The molecule has 7 nitrogen and oxygen atoms in total. The maximum atomic E-state index is 11.9. The van der Waals surface area contributed by atoms with Crippen LogP contribution in [0.1, 0.15) is 17.3 Å². The molecule has 8 heteroatoms. The Morgan fingerprint density at radius 1 is 1.00 bits per heavy atom. The Bertz CT molecular complexity index is 806. The van der Waals surface area contributed by atoms with Crippen molar-refractivity contribution in [3.8, 4) is 5.75 Å². The monoisotopic (exact) mass is 402 g/mol. The Kier molecular flexibility index (Phi) is 8.36. The highest BCUT2D eigenvalue weighted by molar-refractivity contribution is 8.00. The van der Waals surface area contributed by atoms with Crippen molar-refractivity contribution in [2.75, 3.05) is 31.3 Å². The van der Waals surface area contributed by atoms with Crippen molar-refractivity contribution in [3.05, 3.63) is 54.1 Å². The van der Waals surface area contributed by atoms with Gasteiger partial charge in [0, 0.05) is 23.2 Å². The fraction of sp³-hybridized carbons (Fsp3) is 0.250. The van der Waals surface area contributed by atoms with Crippen LogP contribution in [0.25, 0.3) is 0 Å². The molecule has 0 aliphatic heterocycles. The number of carbonyl (C=O) groups excluding carboxylic acids is 3. The summed E-state index contributed by atoms with van der Waals surface area (Å²) in [4.78, 5) is 36.1. The summed E-state index contributed by atoms with van der Waals surface area (Å²) in [6.45, 7) is 2.13. The zero-order valence-corrected chi connectivity index (χ0v) is 16.5. The van der Waals surface area contributed by atoms with Crippen molar-refractivity contribution in [1.82, 2.24) is 5.32 Å². The summed E-state index contributed by atoms with van der Waals surface area (Å²) in [6, 6.07) is 13.8. The molecular formula is C20H22N2O5S. The molecule has 2 rings (SSSR count). The van der Waals surface area contributed by atoms with Gasteiger partial charge in [-0.25, -0.2) is 0 Å².